The minimum absolute atomic E-state index is 0.109. The van der Waals surface area contributed by atoms with Gasteiger partial charge in [-0.2, -0.15) is 0 Å². The molecule has 20 heavy (non-hydrogen) atoms. The van der Waals surface area contributed by atoms with E-state index in [9.17, 15) is 4.79 Å². The second kappa shape index (κ2) is 5.91. The Morgan fingerprint density at radius 2 is 2.20 bits per heavy atom. The van der Waals surface area contributed by atoms with E-state index in [-0.39, 0.29) is 17.4 Å². The predicted molar refractivity (Wildman–Crippen MR) is 74.9 cm³/mol. The summed E-state index contributed by atoms with van der Waals surface area (Å²) >= 11 is 0. The Labute approximate surface area is 119 Å². The summed E-state index contributed by atoms with van der Waals surface area (Å²) in [5.41, 5.74) is -0.341. The molecule has 1 fully saturated rings. The second-order valence-electron chi connectivity index (χ2n) is 6.51. The SMILES string of the molecule is Cc1nnc(CN2CCCC(NC(=O)C(C)(C)C)C2)o1. The molecule has 0 spiro atoms. The molecule has 2 heterocycles. The molecule has 1 aliphatic heterocycles. The van der Waals surface area contributed by atoms with Crippen LogP contribution in [0.5, 0.6) is 0 Å². The standard InChI is InChI=1S/C14H24N4O2/c1-10-16-17-12(20-10)9-18-7-5-6-11(8-18)15-13(19)14(2,3)4/h11H,5-9H2,1-4H3,(H,15,19). The highest BCUT2D eigenvalue weighted by atomic mass is 16.4. The van der Waals surface area contributed by atoms with E-state index in [1.54, 1.807) is 6.92 Å². The second-order valence-corrected chi connectivity index (χ2v) is 6.51. The van der Waals surface area contributed by atoms with Gasteiger partial charge in [-0.05, 0) is 19.4 Å². The maximum absolute atomic E-state index is 12.0. The lowest BCUT2D eigenvalue weighted by Gasteiger charge is -2.33. The van der Waals surface area contributed by atoms with Gasteiger partial charge in [0.1, 0.15) is 0 Å². The van der Waals surface area contributed by atoms with Crippen LogP contribution < -0.4 is 5.32 Å². The fraction of sp³-hybridized carbons (Fsp3) is 0.786. The number of rotatable bonds is 3. The van der Waals surface area contributed by atoms with Crippen LogP contribution in [-0.2, 0) is 11.3 Å². The minimum atomic E-state index is -0.341. The van der Waals surface area contributed by atoms with Crippen molar-refractivity contribution >= 4 is 5.91 Å². The Morgan fingerprint density at radius 1 is 1.45 bits per heavy atom. The molecule has 6 nitrogen and oxygen atoms in total. The summed E-state index contributed by atoms with van der Waals surface area (Å²) in [6.07, 6.45) is 2.10. The first kappa shape index (κ1) is 15.0. The highest BCUT2D eigenvalue weighted by Crippen LogP contribution is 2.17. The molecule has 1 aromatic heterocycles. The third-order valence-electron chi connectivity index (χ3n) is 3.45. The van der Waals surface area contributed by atoms with Crippen molar-refractivity contribution in [2.45, 2.75) is 53.1 Å². The van der Waals surface area contributed by atoms with Crippen molar-refractivity contribution < 1.29 is 9.21 Å². The lowest BCUT2D eigenvalue weighted by atomic mass is 9.94. The zero-order valence-electron chi connectivity index (χ0n) is 12.8. The quantitative estimate of drug-likeness (QED) is 0.908. The van der Waals surface area contributed by atoms with Crippen LogP contribution in [0.3, 0.4) is 0 Å². The van der Waals surface area contributed by atoms with Gasteiger partial charge >= 0.3 is 0 Å². The number of likely N-dealkylation sites (tertiary alicyclic amines) is 1. The molecule has 0 bridgehead atoms. The van der Waals surface area contributed by atoms with Gasteiger partial charge in [0.2, 0.25) is 17.7 Å². The fourth-order valence-corrected chi connectivity index (χ4v) is 2.31. The summed E-state index contributed by atoms with van der Waals surface area (Å²) in [6.45, 7) is 10.1. The number of amides is 1. The molecule has 0 aliphatic carbocycles. The van der Waals surface area contributed by atoms with Crippen LogP contribution >= 0.6 is 0 Å². The maximum atomic E-state index is 12.0. The zero-order chi connectivity index (χ0) is 14.8. The van der Waals surface area contributed by atoms with Gasteiger partial charge in [-0.1, -0.05) is 20.8 Å². The van der Waals surface area contributed by atoms with E-state index in [0.29, 0.717) is 18.3 Å². The average Bonchev–Trinajstić information content (AvgIpc) is 2.74. The van der Waals surface area contributed by atoms with Gasteiger partial charge in [0.05, 0.1) is 6.54 Å². The number of carbonyl (C=O) groups is 1. The number of nitrogens with one attached hydrogen (secondary N) is 1. The average molecular weight is 280 g/mol. The molecule has 6 heteroatoms. The first-order valence-electron chi connectivity index (χ1n) is 7.17. The van der Waals surface area contributed by atoms with Gasteiger partial charge in [-0.3, -0.25) is 9.69 Å². The first-order chi connectivity index (χ1) is 9.34. The molecule has 1 atom stereocenters. The summed E-state index contributed by atoms with van der Waals surface area (Å²) in [7, 11) is 0. The molecular formula is C14H24N4O2. The Bertz CT molecular complexity index is 464. The largest absolute Gasteiger partial charge is 0.424 e. The van der Waals surface area contributed by atoms with E-state index in [1.165, 1.54) is 0 Å². The highest BCUT2D eigenvalue weighted by molar-refractivity contribution is 5.81. The van der Waals surface area contributed by atoms with Crippen molar-refractivity contribution in [1.29, 1.82) is 0 Å². The molecule has 1 aromatic rings. The van der Waals surface area contributed by atoms with Gasteiger partial charge in [0, 0.05) is 24.9 Å². The fourth-order valence-electron chi connectivity index (χ4n) is 2.31. The Balaban J connectivity index is 1.87. The molecule has 1 amide bonds. The zero-order valence-corrected chi connectivity index (χ0v) is 12.8. The summed E-state index contributed by atoms with van der Waals surface area (Å²) in [5, 5.41) is 11.0. The highest BCUT2D eigenvalue weighted by Gasteiger charge is 2.27. The van der Waals surface area contributed by atoms with Crippen molar-refractivity contribution in [3.8, 4) is 0 Å². The van der Waals surface area contributed by atoms with Crippen molar-refractivity contribution in [2.24, 2.45) is 5.41 Å². The van der Waals surface area contributed by atoms with Crippen LogP contribution in [-0.4, -0.2) is 40.1 Å². The van der Waals surface area contributed by atoms with E-state index in [1.807, 2.05) is 20.8 Å². The molecule has 1 saturated heterocycles. The summed E-state index contributed by atoms with van der Waals surface area (Å²) in [5.74, 6) is 1.35. The minimum Gasteiger partial charge on any atom is -0.424 e. The van der Waals surface area contributed by atoms with E-state index < -0.39 is 0 Å². The predicted octanol–water partition coefficient (Wildman–Crippen LogP) is 1.50. The van der Waals surface area contributed by atoms with E-state index >= 15 is 0 Å². The van der Waals surface area contributed by atoms with Crippen LogP contribution in [0.4, 0.5) is 0 Å². The number of aryl methyl sites for hydroxylation is 1. The van der Waals surface area contributed by atoms with Crippen molar-refractivity contribution in [1.82, 2.24) is 20.4 Å². The smallest absolute Gasteiger partial charge is 0.230 e. The molecule has 0 radical (unpaired) electrons. The Morgan fingerprint density at radius 3 is 2.80 bits per heavy atom. The van der Waals surface area contributed by atoms with Crippen LogP contribution in [0.1, 0.15) is 45.4 Å². The van der Waals surface area contributed by atoms with Gasteiger partial charge in [-0.15, -0.1) is 10.2 Å². The maximum Gasteiger partial charge on any atom is 0.230 e. The molecule has 1 N–H and O–H groups in total. The Hall–Kier alpha value is -1.43. The monoisotopic (exact) mass is 280 g/mol. The molecule has 112 valence electrons. The summed E-state index contributed by atoms with van der Waals surface area (Å²) in [6, 6.07) is 0.208. The number of hydrogen-bond acceptors (Lipinski definition) is 5. The first-order valence-corrected chi connectivity index (χ1v) is 7.17. The van der Waals surface area contributed by atoms with Crippen LogP contribution in [0.15, 0.2) is 4.42 Å². The number of hydrogen-bond donors (Lipinski definition) is 1. The van der Waals surface area contributed by atoms with Crippen LogP contribution in [0.25, 0.3) is 0 Å². The third kappa shape index (κ3) is 4.03. The van der Waals surface area contributed by atoms with Crippen LogP contribution in [0.2, 0.25) is 0 Å². The summed E-state index contributed by atoms with van der Waals surface area (Å²) in [4.78, 5) is 14.3. The number of nitrogens with zero attached hydrogens (tertiary/aromatic N) is 3. The number of aromatic nitrogens is 2. The molecule has 0 saturated carbocycles. The summed E-state index contributed by atoms with van der Waals surface area (Å²) < 4.78 is 5.41. The molecular weight excluding hydrogens is 256 g/mol. The topological polar surface area (TPSA) is 71.3 Å². The van der Waals surface area contributed by atoms with E-state index in [4.69, 9.17) is 4.42 Å². The van der Waals surface area contributed by atoms with Crippen molar-refractivity contribution in [2.75, 3.05) is 13.1 Å². The van der Waals surface area contributed by atoms with Gasteiger partial charge in [0.15, 0.2) is 0 Å². The van der Waals surface area contributed by atoms with E-state index in [2.05, 4.69) is 20.4 Å². The van der Waals surface area contributed by atoms with Gasteiger partial charge in [-0.25, -0.2) is 0 Å². The van der Waals surface area contributed by atoms with Crippen molar-refractivity contribution in [3.05, 3.63) is 11.8 Å². The number of piperidine rings is 1. The van der Waals surface area contributed by atoms with Gasteiger partial charge in [0.25, 0.3) is 0 Å². The van der Waals surface area contributed by atoms with Crippen LogP contribution in [0, 0.1) is 12.3 Å². The molecule has 1 aliphatic rings. The molecule has 1 unspecified atom stereocenters. The Kier molecular flexibility index (Phi) is 4.42. The van der Waals surface area contributed by atoms with E-state index in [0.717, 1.165) is 25.9 Å². The lowest BCUT2D eigenvalue weighted by molar-refractivity contribution is -0.129. The molecule has 0 aromatic carbocycles. The van der Waals surface area contributed by atoms with Gasteiger partial charge < -0.3 is 9.73 Å². The lowest BCUT2D eigenvalue weighted by Crippen LogP contribution is -2.50. The third-order valence-corrected chi connectivity index (χ3v) is 3.45. The normalized spacial score (nSPS) is 20.9. The molecule has 2 rings (SSSR count). The number of carbonyl (C=O) groups excluding carboxylic acids is 1. The van der Waals surface area contributed by atoms with Crippen molar-refractivity contribution in [3.63, 3.8) is 0 Å².